The van der Waals surface area contributed by atoms with E-state index in [9.17, 15) is 0 Å². The summed E-state index contributed by atoms with van der Waals surface area (Å²) in [4.78, 5) is 8.52. The van der Waals surface area contributed by atoms with E-state index in [-0.39, 0.29) is 5.54 Å². The van der Waals surface area contributed by atoms with E-state index in [1.165, 1.54) is 5.57 Å². The predicted molar refractivity (Wildman–Crippen MR) is 53.4 cm³/mol. The van der Waals surface area contributed by atoms with Crippen LogP contribution in [-0.2, 0) is 0 Å². The van der Waals surface area contributed by atoms with Gasteiger partial charge in [0, 0.05) is 12.4 Å². The first-order valence-electron chi connectivity index (χ1n) is 4.37. The highest BCUT2D eigenvalue weighted by atomic mass is 15.1. The summed E-state index contributed by atoms with van der Waals surface area (Å²) in [6.07, 6.45) is 5.60. The van der Waals surface area contributed by atoms with Gasteiger partial charge in [-0.3, -0.25) is 4.98 Å². The van der Waals surface area contributed by atoms with Gasteiger partial charge in [-0.15, -0.1) is 0 Å². The summed E-state index contributed by atoms with van der Waals surface area (Å²) in [5, 5.41) is 3.32. The maximum Gasteiger partial charge on any atom is 0.152 e. The molecule has 0 fully saturated rings. The number of nitrogens with one attached hydrogen (secondary N) is 1. The second-order valence-electron chi connectivity index (χ2n) is 3.93. The normalized spacial score (nSPS) is 18.5. The second kappa shape index (κ2) is 2.55. The zero-order valence-electron chi connectivity index (χ0n) is 8.13. The molecule has 1 N–H and O–H groups in total. The summed E-state index contributed by atoms with van der Waals surface area (Å²) in [7, 11) is 0. The summed E-state index contributed by atoms with van der Waals surface area (Å²) in [6, 6.07) is 0. The topological polar surface area (TPSA) is 37.8 Å². The van der Waals surface area contributed by atoms with Crippen LogP contribution in [0, 0.1) is 0 Å². The Morgan fingerprint density at radius 1 is 1.23 bits per heavy atom. The summed E-state index contributed by atoms with van der Waals surface area (Å²) in [5.74, 6) is 0.882. The van der Waals surface area contributed by atoms with Crippen LogP contribution >= 0.6 is 0 Å². The van der Waals surface area contributed by atoms with Gasteiger partial charge in [0.05, 0.1) is 5.54 Å². The molecule has 0 saturated carbocycles. The Morgan fingerprint density at radius 3 is 2.69 bits per heavy atom. The molecular formula is C10H13N3. The third kappa shape index (κ3) is 1.41. The average Bonchev–Trinajstić information content (AvgIpc) is 2.02. The minimum atomic E-state index is -0.0207. The molecule has 0 radical (unpaired) electrons. The van der Waals surface area contributed by atoms with Crippen molar-refractivity contribution >= 4 is 11.4 Å². The molecule has 13 heavy (non-hydrogen) atoms. The Labute approximate surface area is 77.9 Å². The first-order chi connectivity index (χ1) is 6.08. The van der Waals surface area contributed by atoms with Crippen molar-refractivity contribution in [3.8, 4) is 0 Å². The molecule has 3 nitrogen and oxygen atoms in total. The number of hydrogen-bond donors (Lipinski definition) is 1. The molecule has 68 valence electrons. The van der Waals surface area contributed by atoms with Crippen LogP contribution in [0.1, 0.15) is 26.5 Å². The lowest BCUT2D eigenvalue weighted by Gasteiger charge is -2.29. The molecule has 0 saturated heterocycles. The van der Waals surface area contributed by atoms with Crippen molar-refractivity contribution < 1.29 is 0 Å². The van der Waals surface area contributed by atoms with Crippen molar-refractivity contribution in [2.45, 2.75) is 26.3 Å². The van der Waals surface area contributed by atoms with E-state index in [1.54, 1.807) is 12.4 Å². The van der Waals surface area contributed by atoms with Gasteiger partial charge in [0.2, 0.25) is 0 Å². The smallest absolute Gasteiger partial charge is 0.152 e. The largest absolute Gasteiger partial charge is 0.360 e. The van der Waals surface area contributed by atoms with Gasteiger partial charge in [-0.05, 0) is 26.3 Å². The quantitative estimate of drug-likeness (QED) is 0.656. The van der Waals surface area contributed by atoms with Crippen LogP contribution in [0.4, 0.5) is 5.82 Å². The fourth-order valence-corrected chi connectivity index (χ4v) is 1.67. The number of allylic oxidation sites excluding steroid dienone is 1. The second-order valence-corrected chi connectivity index (χ2v) is 3.93. The highest BCUT2D eigenvalue weighted by Crippen LogP contribution is 2.29. The van der Waals surface area contributed by atoms with Crippen LogP contribution in [0.15, 0.2) is 18.5 Å². The Hall–Kier alpha value is -1.38. The highest BCUT2D eigenvalue weighted by Gasteiger charge is 2.23. The number of fused-ring (bicyclic) bond motifs is 1. The maximum atomic E-state index is 4.27. The van der Waals surface area contributed by atoms with Crippen LogP contribution in [0.3, 0.4) is 0 Å². The molecule has 2 rings (SSSR count). The SMILES string of the molecule is CC1=CC(C)(C)Nc2nccnc21. The van der Waals surface area contributed by atoms with Crippen molar-refractivity contribution in [1.29, 1.82) is 0 Å². The van der Waals surface area contributed by atoms with Gasteiger partial charge >= 0.3 is 0 Å². The molecule has 0 atom stereocenters. The minimum Gasteiger partial charge on any atom is -0.360 e. The van der Waals surface area contributed by atoms with Gasteiger partial charge in [-0.25, -0.2) is 4.98 Å². The predicted octanol–water partition coefficient (Wildman–Crippen LogP) is 2.08. The average molecular weight is 175 g/mol. The maximum absolute atomic E-state index is 4.27. The molecule has 1 aliphatic rings. The fourth-order valence-electron chi connectivity index (χ4n) is 1.67. The number of anilines is 1. The van der Waals surface area contributed by atoms with E-state index < -0.39 is 0 Å². The van der Waals surface area contributed by atoms with Crippen molar-refractivity contribution in [2.24, 2.45) is 0 Å². The summed E-state index contributed by atoms with van der Waals surface area (Å²) >= 11 is 0. The lowest BCUT2D eigenvalue weighted by Crippen LogP contribution is -2.32. The van der Waals surface area contributed by atoms with Gasteiger partial charge in [0.15, 0.2) is 5.82 Å². The van der Waals surface area contributed by atoms with Gasteiger partial charge < -0.3 is 5.32 Å². The molecule has 3 heteroatoms. The van der Waals surface area contributed by atoms with E-state index >= 15 is 0 Å². The van der Waals surface area contributed by atoms with Crippen molar-refractivity contribution in [3.05, 3.63) is 24.2 Å². The highest BCUT2D eigenvalue weighted by molar-refractivity contribution is 5.74. The van der Waals surface area contributed by atoms with Crippen LogP contribution in [0.2, 0.25) is 0 Å². The molecule has 0 aromatic carbocycles. The van der Waals surface area contributed by atoms with E-state index in [0.29, 0.717) is 0 Å². The number of rotatable bonds is 0. The van der Waals surface area contributed by atoms with Gasteiger partial charge in [-0.2, -0.15) is 0 Å². The first kappa shape index (κ1) is 8.23. The Bertz CT molecular complexity index is 366. The molecule has 1 aromatic rings. The van der Waals surface area contributed by atoms with Gasteiger partial charge in [-0.1, -0.05) is 6.08 Å². The Kier molecular flexibility index (Phi) is 1.62. The van der Waals surface area contributed by atoms with Crippen LogP contribution in [-0.4, -0.2) is 15.5 Å². The summed E-state index contributed by atoms with van der Waals surface area (Å²) < 4.78 is 0. The lowest BCUT2D eigenvalue weighted by atomic mass is 9.96. The van der Waals surface area contributed by atoms with E-state index in [1.807, 2.05) is 0 Å². The molecule has 1 aliphatic heterocycles. The van der Waals surface area contributed by atoms with Crippen molar-refractivity contribution in [1.82, 2.24) is 9.97 Å². The minimum absolute atomic E-state index is 0.0207. The zero-order chi connectivity index (χ0) is 9.47. The standard InChI is InChI=1S/C10H13N3/c1-7-6-10(2,3)13-9-8(7)11-4-5-12-9/h4-6H,1-3H3,(H,12,13). The van der Waals surface area contributed by atoms with E-state index in [4.69, 9.17) is 0 Å². The molecule has 0 bridgehead atoms. The number of nitrogens with zero attached hydrogens (tertiary/aromatic N) is 2. The van der Waals surface area contributed by atoms with Gasteiger partial charge in [0.1, 0.15) is 5.69 Å². The molecular weight excluding hydrogens is 162 g/mol. The molecule has 0 spiro atoms. The van der Waals surface area contributed by atoms with Crippen molar-refractivity contribution in [3.63, 3.8) is 0 Å². The van der Waals surface area contributed by atoms with Crippen LogP contribution in [0.5, 0.6) is 0 Å². The third-order valence-electron chi connectivity index (χ3n) is 2.09. The van der Waals surface area contributed by atoms with Gasteiger partial charge in [0.25, 0.3) is 0 Å². The van der Waals surface area contributed by atoms with E-state index in [2.05, 4.69) is 42.1 Å². The lowest BCUT2D eigenvalue weighted by molar-refractivity contribution is 0.699. The molecule has 0 unspecified atom stereocenters. The van der Waals surface area contributed by atoms with E-state index in [0.717, 1.165) is 11.5 Å². The summed E-state index contributed by atoms with van der Waals surface area (Å²) in [5.41, 5.74) is 2.13. The number of hydrogen-bond acceptors (Lipinski definition) is 3. The number of aromatic nitrogens is 2. The Balaban J connectivity index is 2.55. The molecule has 2 heterocycles. The molecule has 0 amide bonds. The monoisotopic (exact) mass is 175 g/mol. The van der Waals surface area contributed by atoms with Crippen LogP contribution < -0.4 is 5.32 Å². The fraction of sp³-hybridized carbons (Fsp3) is 0.400. The molecule has 1 aromatic heterocycles. The zero-order valence-corrected chi connectivity index (χ0v) is 8.13. The van der Waals surface area contributed by atoms with Crippen molar-refractivity contribution in [2.75, 3.05) is 5.32 Å². The van der Waals surface area contributed by atoms with Crippen LogP contribution in [0.25, 0.3) is 5.57 Å². The molecule has 0 aliphatic carbocycles. The first-order valence-corrected chi connectivity index (χ1v) is 4.37. The third-order valence-corrected chi connectivity index (χ3v) is 2.09. The Morgan fingerprint density at radius 2 is 1.92 bits per heavy atom. The summed E-state index contributed by atoms with van der Waals surface area (Å²) in [6.45, 7) is 6.30.